The summed E-state index contributed by atoms with van der Waals surface area (Å²) in [6, 6.07) is 10.2. The van der Waals surface area contributed by atoms with Crippen molar-refractivity contribution < 1.29 is 9.18 Å². The fraction of sp³-hybridized carbons (Fsp3) is 0.304. The van der Waals surface area contributed by atoms with Gasteiger partial charge >= 0.3 is 0 Å². The van der Waals surface area contributed by atoms with E-state index in [2.05, 4.69) is 18.3 Å². The predicted molar refractivity (Wildman–Crippen MR) is 112 cm³/mol. The number of halogens is 2. The number of carbonyl (C=O) groups excluding carboxylic acids is 1. The lowest BCUT2D eigenvalue weighted by molar-refractivity contribution is -0.117. The molecule has 0 aliphatic carbocycles. The van der Waals surface area contributed by atoms with Crippen molar-refractivity contribution >= 4 is 23.1 Å². The van der Waals surface area contributed by atoms with E-state index in [0.29, 0.717) is 23.2 Å². The predicted octanol–water partition coefficient (Wildman–Crippen LogP) is 6.04. The topological polar surface area (TPSA) is 52.9 Å². The molecule has 0 aliphatic rings. The van der Waals surface area contributed by atoms with Crippen molar-refractivity contribution in [1.29, 1.82) is 5.26 Å². The smallest absolute Gasteiger partial charge is 0.247 e. The first kappa shape index (κ1) is 21.7. The Morgan fingerprint density at radius 2 is 1.96 bits per heavy atom. The normalized spacial score (nSPS) is 11.6. The van der Waals surface area contributed by atoms with Crippen LogP contribution in [0, 0.1) is 24.1 Å². The fourth-order valence-corrected chi connectivity index (χ4v) is 3.13. The number of nitrogens with one attached hydrogen (secondary N) is 1. The third-order valence-corrected chi connectivity index (χ3v) is 5.20. The highest BCUT2D eigenvalue weighted by Gasteiger charge is 2.15. The van der Waals surface area contributed by atoms with E-state index in [1.165, 1.54) is 12.1 Å². The van der Waals surface area contributed by atoms with Crippen molar-refractivity contribution in [1.82, 2.24) is 5.32 Å². The molecule has 0 aromatic heterocycles. The van der Waals surface area contributed by atoms with Crippen LogP contribution in [-0.4, -0.2) is 12.5 Å². The Labute approximate surface area is 170 Å². The molecule has 0 heterocycles. The second-order valence-electron chi connectivity index (χ2n) is 6.80. The maximum atomic E-state index is 14.0. The maximum Gasteiger partial charge on any atom is 0.247 e. The summed E-state index contributed by atoms with van der Waals surface area (Å²) >= 11 is 5.80. The summed E-state index contributed by atoms with van der Waals surface area (Å²) < 4.78 is 14.0. The fourth-order valence-electron chi connectivity index (χ4n) is 3.02. The molecule has 2 aromatic rings. The van der Waals surface area contributed by atoms with E-state index in [-0.39, 0.29) is 10.9 Å². The molecule has 5 heteroatoms. The minimum absolute atomic E-state index is 0.0498. The summed E-state index contributed by atoms with van der Waals surface area (Å²) in [5, 5.41) is 12.4. The molecule has 2 aromatic carbocycles. The molecule has 1 amide bonds. The highest BCUT2D eigenvalue weighted by molar-refractivity contribution is 6.30. The van der Waals surface area contributed by atoms with Crippen molar-refractivity contribution in [3.05, 3.63) is 63.4 Å². The number of rotatable bonds is 6. The minimum atomic E-state index is -0.513. The van der Waals surface area contributed by atoms with E-state index in [1.807, 2.05) is 13.8 Å². The highest BCUT2D eigenvalue weighted by atomic mass is 35.5. The van der Waals surface area contributed by atoms with Crippen LogP contribution in [0.25, 0.3) is 16.7 Å². The molecule has 0 aliphatic heterocycles. The number of nitrogens with zero attached hydrogens (tertiary/aromatic N) is 1. The zero-order chi connectivity index (χ0) is 20.8. The van der Waals surface area contributed by atoms with Gasteiger partial charge in [-0.15, -0.1) is 0 Å². The molecule has 0 fully saturated rings. The SMILES string of the molecule is CCCCNC(=O)/C(C)=C(\C)c1cc(C#N)cc(-c2ccc(Cl)c(F)c2)c1C. The quantitative estimate of drug-likeness (QED) is 0.476. The van der Waals surface area contributed by atoms with Crippen LogP contribution >= 0.6 is 11.6 Å². The molecule has 0 atom stereocenters. The van der Waals surface area contributed by atoms with Gasteiger partial charge in [-0.3, -0.25) is 4.79 Å². The molecule has 0 saturated heterocycles. The molecule has 0 radical (unpaired) electrons. The minimum Gasteiger partial charge on any atom is -0.352 e. The first-order chi connectivity index (χ1) is 13.3. The van der Waals surface area contributed by atoms with Crippen LogP contribution in [0.15, 0.2) is 35.9 Å². The number of nitriles is 1. The van der Waals surface area contributed by atoms with Crippen LogP contribution in [0.3, 0.4) is 0 Å². The van der Waals surface area contributed by atoms with E-state index in [9.17, 15) is 14.4 Å². The molecular weight excluding hydrogens is 375 g/mol. The summed E-state index contributed by atoms with van der Waals surface area (Å²) in [5.41, 5.74) is 4.89. The Morgan fingerprint density at radius 1 is 1.25 bits per heavy atom. The van der Waals surface area contributed by atoms with Gasteiger partial charge in [0.2, 0.25) is 5.91 Å². The molecule has 2 rings (SSSR count). The summed E-state index contributed by atoms with van der Waals surface area (Å²) in [6.45, 7) is 8.25. The number of hydrogen-bond acceptors (Lipinski definition) is 2. The van der Waals surface area contributed by atoms with Gasteiger partial charge in [-0.05, 0) is 79.3 Å². The van der Waals surface area contributed by atoms with Crippen LogP contribution in [0.5, 0.6) is 0 Å². The summed E-state index contributed by atoms with van der Waals surface area (Å²) in [6.07, 6.45) is 1.93. The van der Waals surface area contributed by atoms with E-state index in [0.717, 1.165) is 35.1 Å². The van der Waals surface area contributed by atoms with Gasteiger partial charge in [0.15, 0.2) is 0 Å². The number of hydrogen-bond donors (Lipinski definition) is 1. The van der Waals surface area contributed by atoms with Crippen LogP contribution in [-0.2, 0) is 4.79 Å². The Morgan fingerprint density at radius 3 is 2.57 bits per heavy atom. The molecule has 146 valence electrons. The monoisotopic (exact) mass is 398 g/mol. The van der Waals surface area contributed by atoms with Crippen molar-refractivity contribution in [3.63, 3.8) is 0 Å². The van der Waals surface area contributed by atoms with E-state index >= 15 is 0 Å². The average Bonchev–Trinajstić information content (AvgIpc) is 2.69. The lowest BCUT2D eigenvalue weighted by Crippen LogP contribution is -2.25. The molecule has 0 bridgehead atoms. The molecule has 0 spiro atoms. The van der Waals surface area contributed by atoms with Crippen LogP contribution in [0.1, 0.15) is 50.3 Å². The largest absolute Gasteiger partial charge is 0.352 e. The number of allylic oxidation sites excluding steroid dienone is 1. The zero-order valence-corrected chi connectivity index (χ0v) is 17.4. The lowest BCUT2D eigenvalue weighted by atomic mass is 9.89. The van der Waals surface area contributed by atoms with E-state index < -0.39 is 5.82 Å². The summed E-state index contributed by atoms with van der Waals surface area (Å²) in [4.78, 5) is 12.4. The van der Waals surface area contributed by atoms with Gasteiger partial charge < -0.3 is 5.32 Å². The van der Waals surface area contributed by atoms with E-state index in [1.54, 1.807) is 25.1 Å². The third-order valence-electron chi connectivity index (χ3n) is 4.89. The molecule has 0 saturated carbocycles. The van der Waals surface area contributed by atoms with Crippen molar-refractivity contribution in [2.24, 2.45) is 0 Å². The van der Waals surface area contributed by atoms with Crippen molar-refractivity contribution in [2.75, 3.05) is 6.54 Å². The first-order valence-corrected chi connectivity index (χ1v) is 9.64. The van der Waals surface area contributed by atoms with Gasteiger partial charge in [0.05, 0.1) is 16.7 Å². The van der Waals surface area contributed by atoms with Crippen LogP contribution in [0.4, 0.5) is 4.39 Å². The van der Waals surface area contributed by atoms with Crippen molar-refractivity contribution in [3.8, 4) is 17.2 Å². The third kappa shape index (κ3) is 4.79. The second-order valence-corrected chi connectivity index (χ2v) is 7.20. The summed E-state index contributed by atoms with van der Waals surface area (Å²) in [7, 11) is 0. The molecule has 1 N–H and O–H groups in total. The standard InChI is InChI=1S/C23H24ClFN2O/c1-5-6-9-27-23(28)15(3)14(2)19-10-17(13-26)11-20(16(19)4)18-7-8-21(24)22(25)12-18/h7-8,10-12H,5-6,9H2,1-4H3,(H,27,28)/b15-14+. The molecular formula is C23H24ClFN2O. The Kier molecular flexibility index (Phi) is 7.37. The van der Waals surface area contributed by atoms with Gasteiger partial charge in [-0.1, -0.05) is 31.0 Å². The van der Waals surface area contributed by atoms with Crippen LogP contribution < -0.4 is 5.32 Å². The van der Waals surface area contributed by atoms with Gasteiger partial charge in [0, 0.05) is 12.1 Å². The first-order valence-electron chi connectivity index (χ1n) is 9.26. The Balaban J connectivity index is 2.55. The Bertz CT molecular complexity index is 973. The zero-order valence-electron chi connectivity index (χ0n) is 16.6. The maximum absolute atomic E-state index is 14.0. The van der Waals surface area contributed by atoms with Crippen molar-refractivity contribution in [2.45, 2.75) is 40.5 Å². The van der Waals surface area contributed by atoms with Gasteiger partial charge in [0.1, 0.15) is 5.82 Å². The van der Waals surface area contributed by atoms with E-state index in [4.69, 9.17) is 11.6 Å². The average molecular weight is 399 g/mol. The highest BCUT2D eigenvalue weighted by Crippen LogP contribution is 2.33. The number of carbonyl (C=O) groups is 1. The molecule has 0 unspecified atom stereocenters. The second kappa shape index (κ2) is 9.52. The van der Waals surface area contributed by atoms with Gasteiger partial charge in [0.25, 0.3) is 0 Å². The number of benzene rings is 2. The summed E-state index contributed by atoms with van der Waals surface area (Å²) in [5.74, 6) is -0.631. The van der Waals surface area contributed by atoms with Gasteiger partial charge in [-0.2, -0.15) is 5.26 Å². The molecule has 28 heavy (non-hydrogen) atoms. The van der Waals surface area contributed by atoms with Crippen LogP contribution in [0.2, 0.25) is 5.02 Å². The number of amides is 1. The van der Waals surface area contributed by atoms with Gasteiger partial charge in [-0.25, -0.2) is 4.39 Å². The lowest BCUT2D eigenvalue weighted by Gasteiger charge is -2.16. The Hall–Kier alpha value is -2.64. The molecule has 3 nitrogen and oxygen atoms in total. The number of unbranched alkanes of at least 4 members (excludes halogenated alkanes) is 1.